The zero-order valence-electron chi connectivity index (χ0n) is 4.89. The molecule has 0 aliphatic carbocycles. The van der Waals surface area contributed by atoms with E-state index in [4.69, 9.17) is 10.6 Å². The minimum absolute atomic E-state index is 0.392. The molecule has 0 radical (unpaired) electrons. The first-order chi connectivity index (χ1) is 3.66. The number of rotatable bonds is 3. The normalized spacial score (nSPS) is 12.8. The van der Waals surface area contributed by atoms with Crippen molar-refractivity contribution in [2.75, 3.05) is 0 Å². The lowest BCUT2D eigenvalue weighted by molar-refractivity contribution is 0.194. The van der Waals surface area contributed by atoms with Crippen molar-refractivity contribution in [2.24, 2.45) is 5.11 Å². The van der Waals surface area contributed by atoms with E-state index >= 15 is 0 Å². The molecule has 0 bridgehead atoms. The number of aliphatic hydroxyl groups is 1. The Balaban J connectivity index is 3.39. The van der Waals surface area contributed by atoms with E-state index in [-0.39, 0.29) is 0 Å². The molecule has 0 heterocycles. The summed E-state index contributed by atoms with van der Waals surface area (Å²) in [5, 5.41) is 11.7. The summed E-state index contributed by atoms with van der Waals surface area (Å²) in [5.41, 5.74) is 6.83. The quantitative estimate of drug-likeness (QED) is 0.534. The van der Waals surface area contributed by atoms with Crippen molar-refractivity contribution in [3.05, 3.63) is 12.3 Å². The van der Waals surface area contributed by atoms with Gasteiger partial charge in [-0.2, -0.15) is 5.11 Å². The van der Waals surface area contributed by atoms with Crippen LogP contribution in [0, 0.1) is 5.53 Å². The molecule has 1 atom stereocenters. The first-order valence-corrected chi connectivity index (χ1v) is 2.40. The molecule has 0 fully saturated rings. The van der Waals surface area contributed by atoms with Gasteiger partial charge in [0.05, 0.1) is 11.8 Å². The van der Waals surface area contributed by atoms with Crippen molar-refractivity contribution in [1.29, 1.82) is 5.53 Å². The molecule has 3 nitrogen and oxygen atoms in total. The molecule has 0 aliphatic rings. The number of nitrogens with one attached hydrogen (secondary N) is 1. The molecular formula is C5H10N2O. The van der Waals surface area contributed by atoms with Crippen LogP contribution in [0.1, 0.15) is 13.3 Å². The molecule has 0 aromatic rings. The molecule has 2 N–H and O–H groups in total. The van der Waals surface area contributed by atoms with Gasteiger partial charge in [-0.15, -0.1) is 0 Å². The summed E-state index contributed by atoms with van der Waals surface area (Å²) in [6.07, 6.45) is -0.0413. The summed E-state index contributed by atoms with van der Waals surface area (Å²) in [7, 11) is 0. The van der Waals surface area contributed by atoms with Crippen LogP contribution >= 0.6 is 0 Å². The van der Waals surface area contributed by atoms with E-state index in [0.29, 0.717) is 12.1 Å². The Morgan fingerprint density at radius 2 is 2.50 bits per heavy atom. The van der Waals surface area contributed by atoms with Crippen molar-refractivity contribution in [1.82, 2.24) is 0 Å². The Hall–Kier alpha value is -0.700. The number of hydrogen-bond acceptors (Lipinski definition) is 3. The Labute approximate surface area is 48.5 Å². The third kappa shape index (κ3) is 3.49. The molecule has 0 amide bonds. The zero-order valence-corrected chi connectivity index (χ0v) is 4.89. The van der Waals surface area contributed by atoms with Crippen molar-refractivity contribution in [3.8, 4) is 0 Å². The summed E-state index contributed by atoms with van der Waals surface area (Å²) < 4.78 is 0. The summed E-state index contributed by atoms with van der Waals surface area (Å²) in [5.74, 6) is 0. The van der Waals surface area contributed by atoms with Crippen LogP contribution < -0.4 is 0 Å². The largest absolute Gasteiger partial charge is 0.393 e. The second-order valence-electron chi connectivity index (χ2n) is 1.73. The van der Waals surface area contributed by atoms with Crippen LogP contribution in [0.15, 0.2) is 17.4 Å². The number of hydrogen-bond donors (Lipinski definition) is 2. The fourth-order valence-corrected chi connectivity index (χ4v) is 0.387. The molecular weight excluding hydrogens is 104 g/mol. The molecule has 0 spiro atoms. The minimum atomic E-state index is -0.434. The molecule has 0 saturated carbocycles. The molecule has 0 aromatic carbocycles. The van der Waals surface area contributed by atoms with Gasteiger partial charge in [-0.25, -0.2) is 5.53 Å². The highest BCUT2D eigenvalue weighted by atomic mass is 16.3. The van der Waals surface area contributed by atoms with Crippen LogP contribution in [0.25, 0.3) is 0 Å². The third-order valence-electron chi connectivity index (χ3n) is 0.689. The van der Waals surface area contributed by atoms with Crippen molar-refractivity contribution >= 4 is 0 Å². The van der Waals surface area contributed by atoms with Gasteiger partial charge in [-0.3, -0.25) is 0 Å². The Kier molecular flexibility index (Phi) is 3.03. The number of aliphatic hydroxyl groups excluding tert-OH is 1. The van der Waals surface area contributed by atoms with Crippen LogP contribution in [0.3, 0.4) is 0 Å². The number of nitrogens with zero attached hydrogens (tertiary/aromatic N) is 1. The first kappa shape index (κ1) is 7.30. The maximum atomic E-state index is 8.65. The van der Waals surface area contributed by atoms with E-state index in [1.54, 1.807) is 6.92 Å². The molecule has 3 heteroatoms. The maximum Gasteiger partial charge on any atom is 0.0577 e. The van der Waals surface area contributed by atoms with E-state index in [1.807, 2.05) is 0 Å². The van der Waals surface area contributed by atoms with E-state index in [0.717, 1.165) is 0 Å². The molecule has 8 heavy (non-hydrogen) atoms. The Bertz CT molecular complexity index is 98.6. The Morgan fingerprint density at radius 3 is 2.62 bits per heavy atom. The minimum Gasteiger partial charge on any atom is -0.393 e. The fourth-order valence-electron chi connectivity index (χ4n) is 0.387. The smallest absolute Gasteiger partial charge is 0.0577 e. The third-order valence-corrected chi connectivity index (χ3v) is 0.689. The monoisotopic (exact) mass is 114 g/mol. The predicted octanol–water partition coefficient (Wildman–Crippen LogP) is 1.30. The van der Waals surface area contributed by atoms with Crippen LogP contribution in [-0.2, 0) is 0 Å². The molecule has 0 saturated heterocycles. The highest BCUT2D eigenvalue weighted by molar-refractivity contribution is 4.89. The van der Waals surface area contributed by atoms with E-state index in [2.05, 4.69) is 11.7 Å². The van der Waals surface area contributed by atoms with E-state index < -0.39 is 6.10 Å². The average molecular weight is 114 g/mol. The van der Waals surface area contributed by atoms with Gasteiger partial charge in [0.15, 0.2) is 0 Å². The van der Waals surface area contributed by atoms with Crippen LogP contribution in [0.5, 0.6) is 0 Å². The predicted molar refractivity (Wildman–Crippen MR) is 30.6 cm³/mol. The van der Waals surface area contributed by atoms with Gasteiger partial charge in [-0.1, -0.05) is 6.58 Å². The zero-order chi connectivity index (χ0) is 6.57. The van der Waals surface area contributed by atoms with Gasteiger partial charge in [-0.05, 0) is 6.92 Å². The van der Waals surface area contributed by atoms with Gasteiger partial charge < -0.3 is 5.11 Å². The van der Waals surface area contributed by atoms with Gasteiger partial charge in [0.2, 0.25) is 0 Å². The van der Waals surface area contributed by atoms with Crippen molar-refractivity contribution < 1.29 is 5.11 Å². The fraction of sp³-hybridized carbons (Fsp3) is 0.600. The van der Waals surface area contributed by atoms with Crippen LogP contribution in [0.2, 0.25) is 0 Å². The molecule has 0 aliphatic heterocycles. The molecule has 46 valence electrons. The second kappa shape index (κ2) is 3.32. The summed E-state index contributed by atoms with van der Waals surface area (Å²) in [6.45, 7) is 5.03. The lowest BCUT2D eigenvalue weighted by atomic mass is 10.2. The SMILES string of the molecule is C=C(CC(C)O)N=N. The standard InChI is InChI=1S/C5H10N2O/c1-4(7-6)3-5(2)8/h5-6,8H,1,3H2,2H3. The van der Waals surface area contributed by atoms with Crippen molar-refractivity contribution in [3.63, 3.8) is 0 Å². The average Bonchev–Trinajstić information content (AvgIpc) is 1.65. The highest BCUT2D eigenvalue weighted by Crippen LogP contribution is 2.01. The molecule has 0 rings (SSSR count). The maximum absolute atomic E-state index is 8.65. The lowest BCUT2D eigenvalue weighted by Gasteiger charge is -1.98. The van der Waals surface area contributed by atoms with E-state index in [1.165, 1.54) is 0 Å². The van der Waals surface area contributed by atoms with Gasteiger partial charge in [0, 0.05) is 6.42 Å². The van der Waals surface area contributed by atoms with Crippen molar-refractivity contribution in [2.45, 2.75) is 19.4 Å². The topological polar surface area (TPSA) is 56.4 Å². The van der Waals surface area contributed by atoms with E-state index in [9.17, 15) is 0 Å². The summed E-state index contributed by atoms with van der Waals surface area (Å²) in [4.78, 5) is 0. The second-order valence-corrected chi connectivity index (χ2v) is 1.73. The first-order valence-electron chi connectivity index (χ1n) is 2.40. The molecule has 0 aromatic heterocycles. The summed E-state index contributed by atoms with van der Waals surface area (Å²) >= 11 is 0. The lowest BCUT2D eigenvalue weighted by Crippen LogP contribution is -1.98. The van der Waals surface area contributed by atoms with Gasteiger partial charge in [0.25, 0.3) is 0 Å². The highest BCUT2D eigenvalue weighted by Gasteiger charge is 1.95. The Morgan fingerprint density at radius 1 is 2.00 bits per heavy atom. The van der Waals surface area contributed by atoms with Crippen LogP contribution in [-0.4, -0.2) is 11.2 Å². The van der Waals surface area contributed by atoms with Gasteiger partial charge >= 0.3 is 0 Å². The van der Waals surface area contributed by atoms with Gasteiger partial charge in [0.1, 0.15) is 0 Å². The van der Waals surface area contributed by atoms with Crippen LogP contribution in [0.4, 0.5) is 0 Å². The summed E-state index contributed by atoms with van der Waals surface area (Å²) in [6, 6.07) is 0. The molecule has 1 unspecified atom stereocenters.